The molecule has 3 heterocycles. The Kier molecular flexibility index (Phi) is 5.77. The number of nitrogens with one attached hydrogen (secondary N) is 1. The van der Waals surface area contributed by atoms with E-state index in [4.69, 9.17) is 0 Å². The van der Waals surface area contributed by atoms with Crippen molar-refractivity contribution in [3.63, 3.8) is 0 Å². The summed E-state index contributed by atoms with van der Waals surface area (Å²) in [4.78, 5) is 38.2. The van der Waals surface area contributed by atoms with Crippen molar-refractivity contribution >= 4 is 41.3 Å². The highest BCUT2D eigenvalue weighted by Gasteiger charge is 2.54. The van der Waals surface area contributed by atoms with Crippen LogP contribution < -0.4 is 5.32 Å². The van der Waals surface area contributed by atoms with Crippen molar-refractivity contribution in [1.29, 1.82) is 0 Å². The average molecular weight is 447 g/mol. The number of amides is 2. The number of hydrogen-bond acceptors (Lipinski definition) is 8. The minimum Gasteiger partial charge on any atom is -0.477 e. The number of aryl methyl sites for hydroxylation is 1. The van der Waals surface area contributed by atoms with Gasteiger partial charge in [-0.3, -0.25) is 14.5 Å². The molecule has 1 saturated heterocycles. The Balaban J connectivity index is 1.44. The summed E-state index contributed by atoms with van der Waals surface area (Å²) in [5.41, 5.74) is 1.46. The second-order valence-electron chi connectivity index (χ2n) is 6.75. The average Bonchev–Trinajstić information content (AvgIpc) is 3.15. The number of fused-ring (bicyclic) bond motifs is 1. The lowest BCUT2D eigenvalue weighted by Crippen LogP contribution is -2.70. The van der Waals surface area contributed by atoms with Crippen LogP contribution in [0.5, 0.6) is 0 Å². The topological polar surface area (TPSA) is 130 Å². The van der Waals surface area contributed by atoms with E-state index in [1.807, 2.05) is 30.3 Å². The van der Waals surface area contributed by atoms with Gasteiger partial charge in [0, 0.05) is 18.6 Å². The molecule has 10 nitrogen and oxygen atoms in total. The van der Waals surface area contributed by atoms with Crippen LogP contribution in [0.25, 0.3) is 0 Å². The predicted molar refractivity (Wildman–Crippen MR) is 109 cm³/mol. The molecule has 0 aliphatic carbocycles. The third kappa shape index (κ3) is 3.92. The predicted octanol–water partition coefficient (Wildman–Crippen LogP) is 0.284. The van der Waals surface area contributed by atoms with Crippen LogP contribution in [0, 0.1) is 0 Å². The van der Waals surface area contributed by atoms with Crippen molar-refractivity contribution in [2.75, 3.05) is 11.5 Å². The standard InChI is InChI=1S/C18H18N6O4S2/c1-23-18(20-21-22-23)30-9-11-8-29-16-13(15(26)24(16)14(11)17(27)28)19-12(25)7-10-5-3-2-4-6-10/h2-6,13,16H,7-9H2,1H3,(H,19,25)(H,27,28)/t13?,16-/m0/s1. The zero-order valence-corrected chi connectivity index (χ0v) is 17.5. The number of carboxylic acids is 1. The summed E-state index contributed by atoms with van der Waals surface area (Å²) < 4.78 is 1.50. The van der Waals surface area contributed by atoms with Crippen LogP contribution in [0.2, 0.25) is 0 Å². The minimum atomic E-state index is -1.16. The molecule has 12 heteroatoms. The monoisotopic (exact) mass is 446 g/mol. The second-order valence-corrected chi connectivity index (χ2v) is 8.80. The zero-order chi connectivity index (χ0) is 21.3. The van der Waals surface area contributed by atoms with Gasteiger partial charge in [0.05, 0.1) is 6.42 Å². The molecule has 2 atom stereocenters. The van der Waals surface area contributed by atoms with Crippen molar-refractivity contribution in [1.82, 2.24) is 30.4 Å². The number of nitrogens with zero attached hydrogens (tertiary/aromatic N) is 5. The SMILES string of the molecule is Cn1nnnc1SCC1=C(C(=O)O)N2C(=O)C(NC(=O)Cc3ccccc3)[C@@H]2SC1. The Labute approximate surface area is 180 Å². The number of thioether (sulfide) groups is 2. The minimum absolute atomic E-state index is 0.0139. The van der Waals surface area contributed by atoms with E-state index in [2.05, 4.69) is 20.8 Å². The summed E-state index contributed by atoms with van der Waals surface area (Å²) in [6.45, 7) is 0. The molecular weight excluding hydrogens is 428 g/mol. The van der Waals surface area contributed by atoms with Gasteiger partial charge in [-0.2, -0.15) is 0 Å². The van der Waals surface area contributed by atoms with Crippen LogP contribution >= 0.6 is 23.5 Å². The van der Waals surface area contributed by atoms with Gasteiger partial charge in [-0.05, 0) is 21.6 Å². The first kappa shape index (κ1) is 20.4. The molecule has 1 unspecified atom stereocenters. The Morgan fingerprint density at radius 3 is 2.77 bits per heavy atom. The molecule has 2 aliphatic heterocycles. The van der Waals surface area contributed by atoms with Crippen LogP contribution in [0.3, 0.4) is 0 Å². The first-order chi connectivity index (χ1) is 14.5. The van der Waals surface area contributed by atoms with Gasteiger partial charge in [0.1, 0.15) is 17.1 Å². The quantitative estimate of drug-likeness (QED) is 0.455. The Morgan fingerprint density at radius 1 is 1.33 bits per heavy atom. The van der Waals surface area contributed by atoms with Gasteiger partial charge in [-0.15, -0.1) is 16.9 Å². The summed E-state index contributed by atoms with van der Waals surface area (Å²) in [5.74, 6) is -1.04. The third-order valence-electron chi connectivity index (χ3n) is 4.73. The molecule has 0 saturated carbocycles. The number of carbonyl (C=O) groups is 3. The Bertz CT molecular complexity index is 1020. The number of aromatic nitrogens is 4. The van der Waals surface area contributed by atoms with Gasteiger partial charge < -0.3 is 10.4 Å². The number of β-lactam (4-membered cyclic amide) rings is 1. The molecule has 2 aliphatic rings. The number of rotatable bonds is 7. The zero-order valence-electron chi connectivity index (χ0n) is 15.9. The molecule has 30 heavy (non-hydrogen) atoms. The van der Waals surface area contributed by atoms with E-state index >= 15 is 0 Å². The van der Waals surface area contributed by atoms with E-state index in [0.717, 1.165) is 5.56 Å². The molecule has 4 rings (SSSR count). The van der Waals surface area contributed by atoms with Crippen LogP contribution in [0.1, 0.15) is 5.56 Å². The Hall–Kier alpha value is -2.86. The van der Waals surface area contributed by atoms with Crippen molar-refractivity contribution in [2.45, 2.75) is 23.0 Å². The second kappa shape index (κ2) is 8.48. The number of tetrazole rings is 1. The van der Waals surface area contributed by atoms with Crippen LogP contribution in [0.15, 0.2) is 46.8 Å². The van der Waals surface area contributed by atoms with E-state index in [9.17, 15) is 19.5 Å². The van der Waals surface area contributed by atoms with Gasteiger partial charge in [0.2, 0.25) is 11.1 Å². The number of carbonyl (C=O) groups excluding carboxylic acids is 2. The van der Waals surface area contributed by atoms with Crippen LogP contribution in [-0.2, 0) is 27.9 Å². The number of hydrogen-bond donors (Lipinski definition) is 2. The smallest absolute Gasteiger partial charge is 0.352 e. The summed E-state index contributed by atoms with van der Waals surface area (Å²) in [6.07, 6.45) is 0.164. The van der Waals surface area contributed by atoms with Gasteiger partial charge >= 0.3 is 5.97 Å². The fraction of sp³-hybridized carbons (Fsp3) is 0.333. The summed E-state index contributed by atoms with van der Waals surface area (Å²) in [7, 11) is 1.70. The van der Waals surface area contributed by atoms with Crippen molar-refractivity contribution in [3.05, 3.63) is 47.2 Å². The molecule has 0 bridgehead atoms. The van der Waals surface area contributed by atoms with Gasteiger partial charge in [-0.25, -0.2) is 9.48 Å². The molecule has 1 aromatic heterocycles. The fourth-order valence-electron chi connectivity index (χ4n) is 3.30. The molecule has 0 spiro atoms. The molecule has 1 fully saturated rings. The largest absolute Gasteiger partial charge is 0.477 e. The van der Waals surface area contributed by atoms with Crippen LogP contribution in [-0.4, -0.2) is 70.9 Å². The van der Waals surface area contributed by atoms with E-state index in [-0.39, 0.29) is 18.0 Å². The Morgan fingerprint density at radius 2 is 2.10 bits per heavy atom. The first-order valence-electron chi connectivity index (χ1n) is 9.04. The van der Waals surface area contributed by atoms with E-state index in [1.54, 1.807) is 7.05 Å². The maximum atomic E-state index is 12.7. The normalized spacial score (nSPS) is 20.6. The van der Waals surface area contributed by atoms with Crippen molar-refractivity contribution in [2.24, 2.45) is 7.05 Å². The molecule has 2 amide bonds. The highest BCUT2D eigenvalue weighted by molar-refractivity contribution is 8.01. The van der Waals surface area contributed by atoms with Crippen molar-refractivity contribution < 1.29 is 19.5 Å². The number of benzene rings is 1. The first-order valence-corrected chi connectivity index (χ1v) is 11.1. The van der Waals surface area contributed by atoms with E-state index in [0.29, 0.717) is 22.2 Å². The molecular formula is C18H18N6O4S2. The fourth-order valence-corrected chi connectivity index (χ4v) is 5.63. The lowest BCUT2D eigenvalue weighted by atomic mass is 10.0. The van der Waals surface area contributed by atoms with Gasteiger partial charge in [0.25, 0.3) is 5.91 Å². The molecule has 2 N–H and O–H groups in total. The van der Waals surface area contributed by atoms with Gasteiger partial charge in [-0.1, -0.05) is 42.1 Å². The highest BCUT2D eigenvalue weighted by atomic mass is 32.2. The van der Waals surface area contributed by atoms with Gasteiger partial charge in [0.15, 0.2) is 0 Å². The van der Waals surface area contributed by atoms with Crippen molar-refractivity contribution in [3.8, 4) is 0 Å². The van der Waals surface area contributed by atoms with E-state index in [1.165, 1.54) is 33.1 Å². The number of carboxylic acid groups (broad SMARTS) is 1. The summed E-state index contributed by atoms with van der Waals surface area (Å²) >= 11 is 2.75. The summed E-state index contributed by atoms with van der Waals surface area (Å²) in [5, 5.41) is 23.8. The number of aliphatic carboxylic acids is 1. The molecule has 2 aromatic rings. The lowest BCUT2D eigenvalue weighted by molar-refractivity contribution is -0.150. The maximum Gasteiger partial charge on any atom is 0.352 e. The molecule has 156 valence electrons. The summed E-state index contributed by atoms with van der Waals surface area (Å²) in [6, 6.07) is 8.51. The third-order valence-corrected chi connectivity index (χ3v) is 7.17. The van der Waals surface area contributed by atoms with E-state index < -0.39 is 23.3 Å². The molecule has 1 aromatic carbocycles. The van der Waals surface area contributed by atoms with Crippen LogP contribution in [0.4, 0.5) is 0 Å². The maximum absolute atomic E-state index is 12.7. The highest BCUT2D eigenvalue weighted by Crippen LogP contribution is 2.41. The lowest BCUT2D eigenvalue weighted by Gasteiger charge is -2.49. The molecule has 0 radical (unpaired) electrons.